The van der Waals surface area contributed by atoms with E-state index in [2.05, 4.69) is 26.9 Å². The highest BCUT2D eigenvalue weighted by molar-refractivity contribution is 5.20. The fraction of sp³-hybridized carbons (Fsp3) is 0.769. The Balaban J connectivity index is 1.87. The Bertz CT molecular complexity index is 441. The monoisotopic (exact) mass is 281 g/mol. The quantitative estimate of drug-likeness (QED) is 0.835. The largest absolute Gasteiger partial charge is 0.463 e. The lowest BCUT2D eigenvalue weighted by Gasteiger charge is -2.18. The molecule has 2 rings (SSSR count). The van der Waals surface area contributed by atoms with Crippen molar-refractivity contribution in [2.24, 2.45) is 0 Å². The maximum absolute atomic E-state index is 5.62. The molecule has 1 aromatic rings. The summed E-state index contributed by atoms with van der Waals surface area (Å²) in [5.41, 5.74) is 5.62. The van der Waals surface area contributed by atoms with Crippen LogP contribution in [-0.4, -0.2) is 52.2 Å². The molecule has 1 aromatic heterocycles. The number of aromatic nitrogens is 3. The second-order valence-corrected chi connectivity index (χ2v) is 5.34. The molecule has 7 heteroatoms. The van der Waals surface area contributed by atoms with Gasteiger partial charge in [-0.15, -0.1) is 4.98 Å². The number of ether oxygens (including phenoxy) is 2. The number of likely N-dealkylation sites (tertiary alicyclic amines) is 1. The summed E-state index contributed by atoms with van der Waals surface area (Å²) in [4.78, 5) is 14.3. The number of nitrogen functional groups attached to an aromatic ring is 1. The summed E-state index contributed by atoms with van der Waals surface area (Å²) in [5.74, 6) is 0.114. The minimum atomic E-state index is -0.0169. The zero-order chi connectivity index (χ0) is 14.5. The molecule has 1 aliphatic rings. The molecule has 2 heterocycles. The highest BCUT2D eigenvalue weighted by Crippen LogP contribution is 2.18. The lowest BCUT2D eigenvalue weighted by molar-refractivity contribution is 0.203. The van der Waals surface area contributed by atoms with Gasteiger partial charge in [-0.2, -0.15) is 9.97 Å². The average molecular weight is 281 g/mol. The normalized spacial score (nSPS) is 19.5. The Morgan fingerprint density at radius 2 is 2.05 bits per heavy atom. The zero-order valence-corrected chi connectivity index (χ0v) is 12.4. The van der Waals surface area contributed by atoms with Gasteiger partial charge in [-0.05, 0) is 46.7 Å². The van der Waals surface area contributed by atoms with Gasteiger partial charge in [-0.25, -0.2) is 0 Å². The van der Waals surface area contributed by atoms with Crippen LogP contribution in [0, 0.1) is 0 Å². The molecular formula is C13H23N5O2. The Morgan fingerprint density at radius 1 is 1.30 bits per heavy atom. The molecule has 1 aliphatic heterocycles. The molecule has 1 unspecified atom stereocenters. The van der Waals surface area contributed by atoms with E-state index < -0.39 is 0 Å². The van der Waals surface area contributed by atoms with Crippen LogP contribution in [0.2, 0.25) is 0 Å². The molecule has 0 bridgehead atoms. The van der Waals surface area contributed by atoms with Crippen LogP contribution in [0.4, 0.5) is 5.95 Å². The third-order valence-corrected chi connectivity index (χ3v) is 3.31. The summed E-state index contributed by atoms with van der Waals surface area (Å²) >= 11 is 0. The Hall–Kier alpha value is -1.63. The van der Waals surface area contributed by atoms with Crippen molar-refractivity contribution in [2.75, 3.05) is 25.9 Å². The van der Waals surface area contributed by atoms with Gasteiger partial charge in [-0.1, -0.05) is 0 Å². The van der Waals surface area contributed by atoms with Crippen LogP contribution in [0.3, 0.4) is 0 Å². The molecule has 112 valence electrons. The molecule has 20 heavy (non-hydrogen) atoms. The number of rotatable bonds is 6. The van der Waals surface area contributed by atoms with Crippen molar-refractivity contribution in [1.29, 1.82) is 0 Å². The van der Waals surface area contributed by atoms with Crippen molar-refractivity contribution >= 4 is 5.95 Å². The van der Waals surface area contributed by atoms with Crippen LogP contribution in [-0.2, 0) is 0 Å². The second-order valence-electron chi connectivity index (χ2n) is 5.34. The van der Waals surface area contributed by atoms with Crippen LogP contribution in [0.1, 0.15) is 33.1 Å². The van der Waals surface area contributed by atoms with E-state index in [-0.39, 0.29) is 24.1 Å². The minimum Gasteiger partial charge on any atom is -0.463 e. The first-order valence-electron chi connectivity index (χ1n) is 7.06. The van der Waals surface area contributed by atoms with E-state index in [0.29, 0.717) is 12.6 Å². The molecule has 0 amide bonds. The van der Waals surface area contributed by atoms with Crippen LogP contribution in [0.5, 0.6) is 12.0 Å². The summed E-state index contributed by atoms with van der Waals surface area (Å²) in [5, 5.41) is 0. The highest BCUT2D eigenvalue weighted by Gasteiger charge is 2.20. The summed E-state index contributed by atoms with van der Waals surface area (Å²) < 4.78 is 11.0. The van der Waals surface area contributed by atoms with E-state index in [0.717, 1.165) is 13.0 Å². The smallest absolute Gasteiger partial charge is 0.324 e. The van der Waals surface area contributed by atoms with Crippen molar-refractivity contribution in [3.63, 3.8) is 0 Å². The first-order chi connectivity index (χ1) is 9.54. The van der Waals surface area contributed by atoms with Crippen molar-refractivity contribution in [2.45, 2.75) is 45.3 Å². The first-order valence-corrected chi connectivity index (χ1v) is 7.06. The van der Waals surface area contributed by atoms with Gasteiger partial charge in [-0.3, -0.25) is 0 Å². The topological polar surface area (TPSA) is 86.4 Å². The highest BCUT2D eigenvalue weighted by atomic mass is 16.5. The molecule has 1 atom stereocenters. The first kappa shape index (κ1) is 14.8. The zero-order valence-electron chi connectivity index (χ0n) is 12.4. The Labute approximate surface area is 119 Å². The fourth-order valence-corrected chi connectivity index (χ4v) is 2.31. The molecule has 2 N–H and O–H groups in total. The predicted molar refractivity (Wildman–Crippen MR) is 75.8 cm³/mol. The van der Waals surface area contributed by atoms with Crippen molar-refractivity contribution < 1.29 is 9.47 Å². The molecule has 0 radical (unpaired) electrons. The van der Waals surface area contributed by atoms with E-state index in [1.807, 2.05) is 13.8 Å². The minimum absolute atomic E-state index is 0.0169. The number of nitrogens with two attached hydrogens (primary N) is 1. The summed E-state index contributed by atoms with van der Waals surface area (Å²) in [6.45, 7) is 5.53. The van der Waals surface area contributed by atoms with Crippen LogP contribution in [0.25, 0.3) is 0 Å². The lowest BCUT2D eigenvalue weighted by Crippen LogP contribution is -2.26. The molecule has 0 spiro atoms. The lowest BCUT2D eigenvalue weighted by atomic mass is 10.2. The standard InChI is InChI=1S/C13H23N5O2/c1-9(2)20-13-16-11(14)15-12(17-13)19-8-6-10-5-4-7-18(10)3/h9-10H,4-8H2,1-3H3,(H2,14,15,16,17). The SMILES string of the molecule is CC(C)Oc1nc(N)nc(OCCC2CCCN2C)n1. The van der Waals surface area contributed by atoms with Crippen LogP contribution in [0.15, 0.2) is 0 Å². The maximum Gasteiger partial charge on any atom is 0.324 e. The number of hydrogen-bond donors (Lipinski definition) is 1. The Morgan fingerprint density at radius 3 is 2.70 bits per heavy atom. The molecule has 0 aromatic carbocycles. The summed E-state index contributed by atoms with van der Waals surface area (Å²) in [6, 6.07) is 1.02. The molecule has 0 saturated carbocycles. The molecule has 1 fully saturated rings. The fourth-order valence-electron chi connectivity index (χ4n) is 2.31. The number of anilines is 1. The predicted octanol–water partition coefficient (Wildman–Crippen LogP) is 1.10. The van der Waals surface area contributed by atoms with Gasteiger partial charge in [0, 0.05) is 6.04 Å². The van der Waals surface area contributed by atoms with Gasteiger partial charge in [0.1, 0.15) is 0 Å². The van der Waals surface area contributed by atoms with E-state index in [1.54, 1.807) is 0 Å². The van der Waals surface area contributed by atoms with Gasteiger partial charge in [0.15, 0.2) is 0 Å². The van der Waals surface area contributed by atoms with Crippen molar-refractivity contribution in [1.82, 2.24) is 19.9 Å². The third kappa shape index (κ3) is 4.19. The van der Waals surface area contributed by atoms with Gasteiger partial charge in [0.25, 0.3) is 0 Å². The van der Waals surface area contributed by atoms with E-state index >= 15 is 0 Å². The average Bonchev–Trinajstić information content (AvgIpc) is 2.73. The summed E-state index contributed by atoms with van der Waals surface area (Å²) in [7, 11) is 2.15. The second kappa shape index (κ2) is 6.69. The van der Waals surface area contributed by atoms with Gasteiger partial charge < -0.3 is 20.1 Å². The van der Waals surface area contributed by atoms with Crippen LogP contribution >= 0.6 is 0 Å². The molecule has 7 nitrogen and oxygen atoms in total. The Kier molecular flexibility index (Phi) is 4.94. The van der Waals surface area contributed by atoms with Crippen LogP contribution < -0.4 is 15.2 Å². The van der Waals surface area contributed by atoms with Gasteiger partial charge in [0.2, 0.25) is 5.95 Å². The number of hydrogen-bond acceptors (Lipinski definition) is 7. The third-order valence-electron chi connectivity index (χ3n) is 3.31. The van der Waals surface area contributed by atoms with Gasteiger partial charge >= 0.3 is 12.0 Å². The van der Waals surface area contributed by atoms with Crippen molar-refractivity contribution in [3.8, 4) is 12.0 Å². The molecular weight excluding hydrogens is 258 g/mol. The van der Waals surface area contributed by atoms with E-state index in [9.17, 15) is 0 Å². The van der Waals surface area contributed by atoms with Gasteiger partial charge in [0.05, 0.1) is 12.7 Å². The summed E-state index contributed by atoms with van der Waals surface area (Å²) in [6.07, 6.45) is 3.42. The molecule has 0 aliphatic carbocycles. The van der Waals surface area contributed by atoms with Crippen molar-refractivity contribution in [3.05, 3.63) is 0 Å². The van der Waals surface area contributed by atoms with E-state index in [4.69, 9.17) is 15.2 Å². The van der Waals surface area contributed by atoms with E-state index in [1.165, 1.54) is 12.8 Å². The maximum atomic E-state index is 5.62. The molecule has 1 saturated heterocycles. The number of nitrogens with zero attached hydrogens (tertiary/aromatic N) is 4.